The van der Waals surface area contributed by atoms with Gasteiger partial charge in [0.25, 0.3) is 5.91 Å². The molecule has 0 bridgehead atoms. The van der Waals surface area contributed by atoms with E-state index in [0.717, 1.165) is 0 Å². The third-order valence-electron chi connectivity index (χ3n) is 3.65. The summed E-state index contributed by atoms with van der Waals surface area (Å²) in [5.74, 6) is 0.0903. The zero-order valence-corrected chi connectivity index (χ0v) is 13.2. The van der Waals surface area contributed by atoms with E-state index in [1.54, 1.807) is 39.0 Å². The average Bonchev–Trinajstić information content (AvgIpc) is 2.48. The molecule has 1 aliphatic rings. The van der Waals surface area contributed by atoms with Crippen molar-refractivity contribution in [3.63, 3.8) is 0 Å². The van der Waals surface area contributed by atoms with E-state index < -0.39 is 18.2 Å². The van der Waals surface area contributed by atoms with Gasteiger partial charge >= 0.3 is 0 Å². The average molecular weight is 310 g/mol. The summed E-state index contributed by atoms with van der Waals surface area (Å²) < 4.78 is 5.21. The molecule has 0 radical (unpaired) electrons. The highest BCUT2D eigenvalue weighted by atomic mass is 16.5. The van der Waals surface area contributed by atoms with Crippen molar-refractivity contribution in [1.29, 1.82) is 0 Å². The first-order valence-corrected chi connectivity index (χ1v) is 7.05. The molecule has 122 valence electrons. The molecule has 3 atom stereocenters. The van der Waals surface area contributed by atoms with Crippen LogP contribution in [0.3, 0.4) is 0 Å². The van der Waals surface area contributed by atoms with Gasteiger partial charge in [0.1, 0.15) is 17.9 Å². The number of carbonyl (C=O) groups excluding carboxylic acids is 1. The molecule has 0 unspecified atom stereocenters. The van der Waals surface area contributed by atoms with Gasteiger partial charge in [-0.2, -0.15) is 0 Å². The molecular formula is C14H22N4O4. The van der Waals surface area contributed by atoms with Gasteiger partial charge in [0.2, 0.25) is 5.95 Å². The van der Waals surface area contributed by atoms with E-state index >= 15 is 0 Å². The summed E-state index contributed by atoms with van der Waals surface area (Å²) in [5.41, 5.74) is 0.918. The first-order valence-electron chi connectivity index (χ1n) is 7.05. The van der Waals surface area contributed by atoms with Crippen molar-refractivity contribution in [1.82, 2.24) is 14.9 Å². The fourth-order valence-corrected chi connectivity index (χ4v) is 2.30. The zero-order chi connectivity index (χ0) is 16.4. The molecule has 1 fully saturated rings. The van der Waals surface area contributed by atoms with E-state index in [-0.39, 0.29) is 24.8 Å². The number of hydrogen-bond acceptors (Lipinski definition) is 7. The Morgan fingerprint density at radius 3 is 2.59 bits per heavy atom. The molecule has 0 aliphatic carbocycles. The number of anilines is 1. The van der Waals surface area contributed by atoms with Crippen LogP contribution in [0, 0.1) is 6.92 Å². The third kappa shape index (κ3) is 3.34. The number of amides is 1. The van der Waals surface area contributed by atoms with Gasteiger partial charge in [-0.25, -0.2) is 9.97 Å². The van der Waals surface area contributed by atoms with Gasteiger partial charge < -0.3 is 24.7 Å². The summed E-state index contributed by atoms with van der Waals surface area (Å²) in [6, 6.07) is 0.979. The van der Waals surface area contributed by atoms with E-state index in [4.69, 9.17) is 4.74 Å². The van der Waals surface area contributed by atoms with Gasteiger partial charge in [-0.3, -0.25) is 4.79 Å². The Morgan fingerprint density at radius 1 is 1.27 bits per heavy atom. The standard InChI is InChI=1S/C14H22N4O4/c1-8-5-9(16-14(15-8)17(2)3)13(21)18(4)10-6-22-7-11(19)12(10)20/h5,10-12,19-20H,6-7H2,1-4H3/t10-,11-,12+/m1/s1. The highest BCUT2D eigenvalue weighted by Gasteiger charge is 2.36. The Balaban J connectivity index is 2.23. The molecule has 1 saturated heterocycles. The van der Waals surface area contributed by atoms with Crippen LogP contribution in [0.2, 0.25) is 0 Å². The van der Waals surface area contributed by atoms with Crippen molar-refractivity contribution in [2.45, 2.75) is 25.2 Å². The summed E-state index contributed by atoms with van der Waals surface area (Å²) in [7, 11) is 5.15. The van der Waals surface area contributed by atoms with E-state index in [2.05, 4.69) is 9.97 Å². The number of likely N-dealkylation sites (N-methyl/N-ethyl adjacent to an activating group) is 1. The first-order chi connectivity index (χ1) is 10.3. The van der Waals surface area contributed by atoms with Crippen LogP contribution >= 0.6 is 0 Å². The second kappa shape index (κ2) is 6.55. The molecule has 1 amide bonds. The van der Waals surface area contributed by atoms with E-state index in [1.807, 2.05) is 0 Å². The number of aliphatic hydroxyl groups is 2. The fourth-order valence-electron chi connectivity index (χ4n) is 2.30. The highest BCUT2D eigenvalue weighted by molar-refractivity contribution is 5.92. The highest BCUT2D eigenvalue weighted by Crippen LogP contribution is 2.17. The molecule has 8 nitrogen and oxygen atoms in total. The molecule has 1 aromatic rings. The van der Waals surface area contributed by atoms with Gasteiger partial charge in [-0.1, -0.05) is 0 Å². The number of aryl methyl sites for hydroxylation is 1. The number of rotatable bonds is 3. The Kier molecular flexibility index (Phi) is 4.94. The predicted octanol–water partition coefficient (Wildman–Crippen LogP) is -0.956. The topological polar surface area (TPSA) is 99.0 Å². The lowest BCUT2D eigenvalue weighted by atomic mass is 10.0. The zero-order valence-electron chi connectivity index (χ0n) is 13.2. The van der Waals surface area contributed by atoms with Gasteiger partial charge in [-0.15, -0.1) is 0 Å². The molecule has 2 rings (SSSR count). The maximum Gasteiger partial charge on any atom is 0.272 e. The molecule has 2 heterocycles. The van der Waals surface area contributed by atoms with Crippen molar-refractivity contribution in [3.8, 4) is 0 Å². The van der Waals surface area contributed by atoms with Gasteiger partial charge in [0, 0.05) is 26.8 Å². The van der Waals surface area contributed by atoms with Crippen LogP contribution in [0.5, 0.6) is 0 Å². The Hall–Kier alpha value is -1.77. The minimum atomic E-state index is -1.04. The van der Waals surface area contributed by atoms with E-state index in [0.29, 0.717) is 11.6 Å². The molecule has 2 N–H and O–H groups in total. The van der Waals surface area contributed by atoms with Crippen molar-refractivity contribution < 1.29 is 19.7 Å². The van der Waals surface area contributed by atoms with Crippen molar-refractivity contribution in [2.75, 3.05) is 39.3 Å². The lowest BCUT2D eigenvalue weighted by Crippen LogP contribution is -2.56. The number of aliphatic hydroxyl groups excluding tert-OH is 2. The van der Waals surface area contributed by atoms with Gasteiger partial charge in [0.15, 0.2) is 0 Å². The van der Waals surface area contributed by atoms with Crippen LogP contribution in [0.1, 0.15) is 16.2 Å². The third-order valence-corrected chi connectivity index (χ3v) is 3.65. The smallest absolute Gasteiger partial charge is 0.272 e. The maximum absolute atomic E-state index is 12.6. The molecular weight excluding hydrogens is 288 g/mol. The lowest BCUT2D eigenvalue weighted by Gasteiger charge is -2.37. The summed E-state index contributed by atoms with van der Waals surface area (Å²) in [4.78, 5) is 24.1. The molecule has 8 heteroatoms. The minimum absolute atomic E-state index is 0.0666. The SMILES string of the molecule is Cc1cc(C(=O)N(C)[C@@H]2COC[C@@H](O)[C@H]2O)nc(N(C)C)n1. The molecule has 0 aromatic carbocycles. The normalized spacial score (nSPS) is 24.9. The van der Waals surface area contributed by atoms with Crippen LogP contribution in [-0.4, -0.2) is 83.6 Å². The largest absolute Gasteiger partial charge is 0.388 e. The van der Waals surface area contributed by atoms with E-state index in [9.17, 15) is 15.0 Å². The van der Waals surface area contributed by atoms with Gasteiger partial charge in [-0.05, 0) is 13.0 Å². The Labute approximate surface area is 129 Å². The van der Waals surface area contributed by atoms with E-state index in [1.165, 1.54) is 4.90 Å². The van der Waals surface area contributed by atoms with Crippen molar-refractivity contribution >= 4 is 11.9 Å². The monoisotopic (exact) mass is 310 g/mol. The van der Waals surface area contributed by atoms with Crippen LogP contribution in [0.25, 0.3) is 0 Å². The second-order valence-electron chi connectivity index (χ2n) is 5.67. The Bertz CT molecular complexity index is 552. The second-order valence-corrected chi connectivity index (χ2v) is 5.67. The number of ether oxygens (including phenoxy) is 1. The fraction of sp³-hybridized carbons (Fsp3) is 0.643. The van der Waals surface area contributed by atoms with Crippen LogP contribution in [-0.2, 0) is 4.74 Å². The summed E-state index contributed by atoms with van der Waals surface area (Å²) in [6.45, 7) is 2.02. The quantitative estimate of drug-likeness (QED) is 0.742. The maximum atomic E-state index is 12.6. The number of carbonyl (C=O) groups is 1. The van der Waals surface area contributed by atoms with Crippen LogP contribution < -0.4 is 4.90 Å². The lowest BCUT2D eigenvalue weighted by molar-refractivity contribution is -0.122. The van der Waals surface area contributed by atoms with Crippen LogP contribution in [0.15, 0.2) is 6.07 Å². The summed E-state index contributed by atoms with van der Waals surface area (Å²) >= 11 is 0. The first kappa shape index (κ1) is 16.6. The molecule has 22 heavy (non-hydrogen) atoms. The summed E-state index contributed by atoms with van der Waals surface area (Å²) in [5, 5.41) is 19.7. The molecule has 1 aromatic heterocycles. The van der Waals surface area contributed by atoms with Crippen molar-refractivity contribution in [2.24, 2.45) is 0 Å². The molecule has 1 aliphatic heterocycles. The molecule has 0 spiro atoms. The molecule has 0 saturated carbocycles. The van der Waals surface area contributed by atoms with Crippen molar-refractivity contribution in [3.05, 3.63) is 17.5 Å². The van der Waals surface area contributed by atoms with Gasteiger partial charge in [0.05, 0.1) is 19.3 Å². The predicted molar refractivity (Wildman–Crippen MR) is 79.8 cm³/mol. The number of hydrogen-bond donors (Lipinski definition) is 2. The van der Waals surface area contributed by atoms with Crippen LogP contribution in [0.4, 0.5) is 5.95 Å². The Morgan fingerprint density at radius 2 is 1.95 bits per heavy atom. The summed E-state index contributed by atoms with van der Waals surface area (Å²) in [6.07, 6.45) is -2.04. The number of aromatic nitrogens is 2. The minimum Gasteiger partial charge on any atom is -0.388 e. The number of nitrogens with zero attached hydrogens (tertiary/aromatic N) is 4.